The third-order valence-corrected chi connectivity index (χ3v) is 6.54. The second-order valence-corrected chi connectivity index (χ2v) is 9.07. The predicted molar refractivity (Wildman–Crippen MR) is 125 cm³/mol. The van der Waals surface area contributed by atoms with Crippen LogP contribution in [0.2, 0.25) is 0 Å². The molecule has 31 heavy (non-hydrogen) atoms. The first kappa shape index (κ1) is 21.7. The number of H-pyrrole nitrogens is 1. The van der Waals surface area contributed by atoms with Crippen LogP contribution in [0.5, 0.6) is 11.5 Å². The number of nitrogens with zero attached hydrogens (tertiary/aromatic N) is 2. The number of aromatic hydroxyl groups is 1. The maximum atomic E-state index is 13.1. The normalized spacial score (nSPS) is 14.5. The molecular weight excluding hydrogens is 480 g/mol. The lowest BCUT2D eigenvalue weighted by Gasteiger charge is -2.23. The van der Waals surface area contributed by atoms with E-state index >= 15 is 0 Å². The van der Waals surface area contributed by atoms with Crippen LogP contribution < -0.4 is 20.3 Å². The summed E-state index contributed by atoms with van der Waals surface area (Å²) in [5.74, 6) is 1.30. The van der Waals surface area contributed by atoms with Crippen LogP contribution in [0.4, 0.5) is 5.69 Å². The van der Waals surface area contributed by atoms with E-state index in [9.17, 15) is 9.90 Å². The van der Waals surface area contributed by atoms with Gasteiger partial charge in [0, 0.05) is 16.4 Å². The standard InChI is InChI=1S/C22H23BrN4O3S/c1-3-5-10-31-22-25-21(29)18-14-8-6-7-9-16(14)24-20(27(18)26-22)13-11-15(23)19(28)17(12-13)30-4-2/h6-9,11-12,20H,3-5,10H2,1-2H3,(H2,25,26,28,29)/p+1/t20-/m0/s1. The Balaban J connectivity index is 1.87. The van der Waals surface area contributed by atoms with Crippen LogP contribution in [0.3, 0.4) is 0 Å². The summed E-state index contributed by atoms with van der Waals surface area (Å²) in [7, 11) is 0. The van der Waals surface area contributed by atoms with Crippen molar-refractivity contribution in [3.63, 3.8) is 0 Å². The fraction of sp³-hybridized carbons (Fsp3) is 0.318. The first-order valence-electron chi connectivity index (χ1n) is 10.2. The summed E-state index contributed by atoms with van der Waals surface area (Å²) >= 11 is 4.95. The molecule has 0 radical (unpaired) electrons. The smallest absolute Gasteiger partial charge is 0.325 e. The van der Waals surface area contributed by atoms with Crippen molar-refractivity contribution in [1.82, 2.24) is 10.1 Å². The van der Waals surface area contributed by atoms with E-state index in [1.807, 2.05) is 37.3 Å². The van der Waals surface area contributed by atoms with E-state index in [2.05, 4.69) is 33.2 Å². The summed E-state index contributed by atoms with van der Waals surface area (Å²) in [5, 5.41) is 19.2. The van der Waals surface area contributed by atoms with E-state index in [0.717, 1.165) is 35.4 Å². The van der Waals surface area contributed by atoms with Gasteiger partial charge in [-0.05, 0) is 58.2 Å². The van der Waals surface area contributed by atoms with Gasteiger partial charge in [-0.15, -0.1) is 0 Å². The number of ether oxygens (including phenoxy) is 1. The molecule has 0 saturated heterocycles. The molecule has 1 aliphatic heterocycles. The van der Waals surface area contributed by atoms with Crippen molar-refractivity contribution < 1.29 is 14.5 Å². The summed E-state index contributed by atoms with van der Waals surface area (Å²) in [6.07, 6.45) is 1.67. The molecule has 1 aliphatic rings. The zero-order valence-electron chi connectivity index (χ0n) is 17.3. The van der Waals surface area contributed by atoms with E-state index in [-0.39, 0.29) is 11.3 Å². The Morgan fingerprint density at radius 2 is 2.10 bits per heavy atom. The zero-order chi connectivity index (χ0) is 22.0. The highest BCUT2D eigenvalue weighted by Crippen LogP contribution is 2.39. The molecule has 7 nitrogen and oxygen atoms in total. The molecule has 3 aromatic rings. The van der Waals surface area contributed by atoms with Crippen LogP contribution in [0.25, 0.3) is 11.3 Å². The molecule has 0 spiro atoms. The van der Waals surface area contributed by atoms with Crippen LogP contribution in [0.15, 0.2) is 50.8 Å². The van der Waals surface area contributed by atoms with Crippen LogP contribution in [0, 0.1) is 0 Å². The van der Waals surface area contributed by atoms with E-state index in [1.54, 1.807) is 10.7 Å². The van der Waals surface area contributed by atoms with E-state index in [1.165, 1.54) is 11.8 Å². The number of aromatic amines is 1. The minimum absolute atomic E-state index is 0.0433. The van der Waals surface area contributed by atoms with Crippen LogP contribution in [-0.2, 0) is 0 Å². The van der Waals surface area contributed by atoms with Gasteiger partial charge in [-0.1, -0.05) is 37.2 Å². The molecule has 0 saturated carbocycles. The highest BCUT2D eigenvalue weighted by atomic mass is 79.9. The number of rotatable bonds is 7. The summed E-state index contributed by atoms with van der Waals surface area (Å²) < 4.78 is 7.85. The van der Waals surface area contributed by atoms with Crippen molar-refractivity contribution >= 4 is 33.4 Å². The Bertz CT molecular complexity index is 1170. The second kappa shape index (κ2) is 9.32. The topological polar surface area (TPSA) is 91.1 Å². The highest BCUT2D eigenvalue weighted by molar-refractivity contribution is 9.10. The first-order chi connectivity index (χ1) is 15.0. The van der Waals surface area contributed by atoms with Gasteiger partial charge in [-0.25, -0.2) is 0 Å². The maximum Gasteiger partial charge on any atom is 0.325 e. The number of phenolic OH excluding ortho intramolecular Hbond substituents is 1. The largest absolute Gasteiger partial charge is 0.503 e. The molecule has 0 unspecified atom stereocenters. The summed E-state index contributed by atoms with van der Waals surface area (Å²) in [6.45, 7) is 4.41. The van der Waals surface area contributed by atoms with Gasteiger partial charge in [0.05, 0.1) is 22.3 Å². The van der Waals surface area contributed by atoms with Crippen molar-refractivity contribution in [3.8, 4) is 22.8 Å². The molecular formula is C22H24BrN4O3S+. The number of benzene rings is 2. The molecule has 0 aliphatic carbocycles. The third kappa shape index (κ3) is 4.29. The quantitative estimate of drug-likeness (QED) is 0.250. The second-order valence-electron chi connectivity index (χ2n) is 7.13. The number of thioether (sulfide) groups is 1. The van der Waals surface area contributed by atoms with Gasteiger partial charge < -0.3 is 15.2 Å². The summed E-state index contributed by atoms with van der Waals surface area (Å²) in [4.78, 5) is 16.0. The number of anilines is 1. The van der Waals surface area contributed by atoms with Crippen molar-refractivity contribution in [2.24, 2.45) is 0 Å². The number of hydrogen-bond acceptors (Lipinski definition) is 6. The van der Waals surface area contributed by atoms with Gasteiger partial charge >= 0.3 is 11.3 Å². The van der Waals surface area contributed by atoms with Crippen molar-refractivity contribution in [3.05, 3.63) is 56.8 Å². The fourth-order valence-corrected chi connectivity index (χ4v) is 4.91. The number of para-hydroxylation sites is 1. The predicted octanol–water partition coefficient (Wildman–Crippen LogP) is 4.46. The van der Waals surface area contributed by atoms with Crippen molar-refractivity contribution in [2.75, 3.05) is 17.7 Å². The average molecular weight is 504 g/mol. The monoisotopic (exact) mass is 503 g/mol. The Kier molecular flexibility index (Phi) is 6.52. The molecule has 0 bridgehead atoms. The number of halogens is 1. The van der Waals surface area contributed by atoms with E-state index in [0.29, 0.717) is 27.7 Å². The summed E-state index contributed by atoms with van der Waals surface area (Å²) in [5.41, 5.74) is 2.74. The van der Waals surface area contributed by atoms with Gasteiger partial charge in [0.25, 0.3) is 6.17 Å². The number of aromatic nitrogens is 3. The number of nitrogens with one attached hydrogen (secondary N) is 2. The van der Waals surface area contributed by atoms with Gasteiger partial charge in [0.2, 0.25) is 5.16 Å². The molecule has 162 valence electrons. The molecule has 2 aromatic carbocycles. The molecule has 0 fully saturated rings. The van der Waals surface area contributed by atoms with Crippen molar-refractivity contribution in [1.29, 1.82) is 0 Å². The van der Waals surface area contributed by atoms with Gasteiger partial charge in [0.15, 0.2) is 11.5 Å². The SMILES string of the molecule is CCCCSc1n[n+]2c(c(=O)[nH]1)-c1ccccc1N[C@@H]2c1cc(Br)c(O)c(OCC)c1. The Morgan fingerprint density at radius 1 is 1.29 bits per heavy atom. The number of fused-ring (bicyclic) bond motifs is 3. The van der Waals surface area contributed by atoms with Gasteiger partial charge in [-0.3, -0.25) is 9.78 Å². The minimum atomic E-state index is -0.450. The van der Waals surface area contributed by atoms with Crippen LogP contribution >= 0.6 is 27.7 Å². The number of hydrogen-bond donors (Lipinski definition) is 3. The van der Waals surface area contributed by atoms with Gasteiger partial charge in [-0.2, -0.15) is 0 Å². The van der Waals surface area contributed by atoms with Gasteiger partial charge in [0.1, 0.15) is 0 Å². The molecule has 0 amide bonds. The Morgan fingerprint density at radius 3 is 2.87 bits per heavy atom. The minimum Gasteiger partial charge on any atom is -0.503 e. The Labute approximate surface area is 193 Å². The molecule has 9 heteroatoms. The lowest BCUT2D eigenvalue weighted by atomic mass is 10.0. The molecule has 2 heterocycles. The van der Waals surface area contributed by atoms with Crippen LogP contribution in [-0.4, -0.2) is 27.5 Å². The fourth-order valence-electron chi connectivity index (χ4n) is 3.51. The average Bonchev–Trinajstić information content (AvgIpc) is 2.76. The Hall–Kier alpha value is -2.52. The number of unbranched alkanes of at least 4 members (excludes halogenated alkanes) is 1. The first-order valence-corrected chi connectivity index (χ1v) is 12.0. The highest BCUT2D eigenvalue weighted by Gasteiger charge is 2.38. The van der Waals surface area contributed by atoms with Crippen LogP contribution in [0.1, 0.15) is 38.4 Å². The molecule has 3 N–H and O–H groups in total. The van der Waals surface area contributed by atoms with Crippen molar-refractivity contribution in [2.45, 2.75) is 38.0 Å². The number of phenols is 1. The lowest BCUT2D eigenvalue weighted by Crippen LogP contribution is -2.55. The maximum absolute atomic E-state index is 13.1. The lowest BCUT2D eigenvalue weighted by molar-refractivity contribution is -0.759. The molecule has 4 rings (SSSR count). The molecule has 1 atom stereocenters. The zero-order valence-corrected chi connectivity index (χ0v) is 19.7. The van der Waals surface area contributed by atoms with E-state index < -0.39 is 6.17 Å². The summed E-state index contributed by atoms with van der Waals surface area (Å²) in [6, 6.07) is 11.3. The van der Waals surface area contributed by atoms with E-state index in [4.69, 9.17) is 9.84 Å². The third-order valence-electron chi connectivity index (χ3n) is 4.99. The molecule has 1 aromatic heterocycles.